The van der Waals surface area contributed by atoms with E-state index in [1.165, 1.54) is 12.1 Å². The standard InChI is InChI=1S/C20H21NO3/c1-20(2,21(3)4)19(24)16-12-10-15(11-13-16)18(23)17(22)14-8-6-5-7-9-14/h5-13H,1-4H3. The van der Waals surface area contributed by atoms with E-state index < -0.39 is 17.1 Å². The fourth-order valence-electron chi connectivity index (χ4n) is 2.18. The molecule has 0 fully saturated rings. The van der Waals surface area contributed by atoms with Crippen molar-refractivity contribution in [2.75, 3.05) is 14.1 Å². The number of benzene rings is 2. The Morgan fingerprint density at radius 2 is 1.12 bits per heavy atom. The highest BCUT2D eigenvalue weighted by molar-refractivity contribution is 6.49. The first-order valence-electron chi connectivity index (χ1n) is 7.71. The van der Waals surface area contributed by atoms with E-state index in [2.05, 4.69) is 0 Å². The SMILES string of the molecule is CN(C)C(C)(C)C(=O)c1ccc(C(=O)C(=O)c2ccccc2)cc1. The van der Waals surface area contributed by atoms with Crippen LogP contribution in [0.3, 0.4) is 0 Å². The number of carbonyl (C=O) groups is 3. The van der Waals surface area contributed by atoms with Gasteiger partial charge in [0.2, 0.25) is 11.6 Å². The third-order valence-corrected chi connectivity index (χ3v) is 4.33. The van der Waals surface area contributed by atoms with E-state index in [9.17, 15) is 14.4 Å². The fraction of sp³-hybridized carbons (Fsp3) is 0.250. The van der Waals surface area contributed by atoms with Crippen LogP contribution in [0.4, 0.5) is 0 Å². The molecular formula is C20H21NO3. The summed E-state index contributed by atoms with van der Waals surface area (Å²) in [5.74, 6) is -1.17. The zero-order chi connectivity index (χ0) is 17.9. The summed E-state index contributed by atoms with van der Waals surface area (Å²) in [4.78, 5) is 38.9. The van der Waals surface area contributed by atoms with Crippen LogP contribution in [0.25, 0.3) is 0 Å². The number of Topliss-reactive ketones (excluding diaryl/α,β-unsaturated/α-hetero) is 3. The van der Waals surface area contributed by atoms with E-state index in [4.69, 9.17) is 0 Å². The summed E-state index contributed by atoms with van der Waals surface area (Å²) in [5.41, 5.74) is 0.502. The first-order chi connectivity index (χ1) is 11.2. The Morgan fingerprint density at radius 1 is 0.708 bits per heavy atom. The molecule has 124 valence electrons. The second kappa shape index (κ2) is 6.89. The molecule has 2 rings (SSSR count). The van der Waals surface area contributed by atoms with Crippen molar-refractivity contribution in [2.45, 2.75) is 19.4 Å². The average molecular weight is 323 g/mol. The van der Waals surface area contributed by atoms with E-state index >= 15 is 0 Å². The lowest BCUT2D eigenvalue weighted by Gasteiger charge is -2.30. The highest BCUT2D eigenvalue weighted by atomic mass is 16.2. The van der Waals surface area contributed by atoms with Gasteiger partial charge in [-0.15, -0.1) is 0 Å². The lowest BCUT2D eigenvalue weighted by atomic mass is 9.91. The number of rotatable bonds is 6. The third kappa shape index (κ3) is 3.49. The smallest absolute Gasteiger partial charge is 0.233 e. The zero-order valence-electron chi connectivity index (χ0n) is 14.4. The fourth-order valence-corrected chi connectivity index (χ4v) is 2.18. The van der Waals surface area contributed by atoms with Crippen LogP contribution in [0.1, 0.15) is 44.9 Å². The van der Waals surface area contributed by atoms with E-state index in [1.807, 2.05) is 32.8 Å². The van der Waals surface area contributed by atoms with Crippen LogP contribution in [-0.2, 0) is 0 Å². The molecule has 0 bridgehead atoms. The Bertz CT molecular complexity index is 759. The van der Waals surface area contributed by atoms with Gasteiger partial charge in [0, 0.05) is 16.7 Å². The summed E-state index contributed by atoms with van der Waals surface area (Å²) < 4.78 is 0. The lowest BCUT2D eigenvalue weighted by Crippen LogP contribution is -2.45. The van der Waals surface area contributed by atoms with Gasteiger partial charge >= 0.3 is 0 Å². The van der Waals surface area contributed by atoms with Gasteiger partial charge in [0.15, 0.2) is 5.78 Å². The third-order valence-electron chi connectivity index (χ3n) is 4.33. The van der Waals surface area contributed by atoms with Crippen molar-refractivity contribution in [3.63, 3.8) is 0 Å². The summed E-state index contributed by atoms with van der Waals surface area (Å²) in [6.07, 6.45) is 0. The quantitative estimate of drug-likeness (QED) is 0.605. The maximum atomic E-state index is 12.6. The molecule has 0 spiro atoms. The zero-order valence-corrected chi connectivity index (χ0v) is 14.4. The Hall–Kier alpha value is -2.59. The van der Waals surface area contributed by atoms with Gasteiger partial charge in [-0.1, -0.05) is 54.6 Å². The van der Waals surface area contributed by atoms with E-state index in [1.54, 1.807) is 42.5 Å². The number of nitrogens with zero attached hydrogens (tertiary/aromatic N) is 1. The second-order valence-electron chi connectivity index (χ2n) is 6.38. The summed E-state index contributed by atoms with van der Waals surface area (Å²) in [6, 6.07) is 14.7. The minimum atomic E-state index is -0.647. The lowest BCUT2D eigenvalue weighted by molar-refractivity contribution is 0.0755. The van der Waals surface area contributed by atoms with Crippen LogP contribution in [0.15, 0.2) is 54.6 Å². The van der Waals surface area contributed by atoms with Gasteiger partial charge in [0.1, 0.15) is 0 Å². The Balaban J connectivity index is 2.22. The van der Waals surface area contributed by atoms with Crippen molar-refractivity contribution in [2.24, 2.45) is 0 Å². The maximum absolute atomic E-state index is 12.6. The number of hydrogen-bond donors (Lipinski definition) is 0. The molecular weight excluding hydrogens is 302 g/mol. The molecule has 0 aliphatic heterocycles. The molecule has 0 saturated carbocycles. The van der Waals surface area contributed by atoms with Crippen molar-refractivity contribution >= 4 is 17.3 Å². The minimum absolute atomic E-state index is 0.0408. The number of hydrogen-bond acceptors (Lipinski definition) is 4. The van der Waals surface area contributed by atoms with Gasteiger partial charge in [0.05, 0.1) is 5.54 Å². The molecule has 0 aliphatic carbocycles. The predicted molar refractivity (Wildman–Crippen MR) is 93.6 cm³/mol. The average Bonchev–Trinajstić information content (AvgIpc) is 2.60. The van der Waals surface area contributed by atoms with Gasteiger partial charge in [-0.3, -0.25) is 19.3 Å². The molecule has 0 N–H and O–H groups in total. The Labute approximate surface area is 142 Å². The van der Waals surface area contributed by atoms with E-state index in [0.717, 1.165) is 0 Å². The molecule has 2 aromatic carbocycles. The van der Waals surface area contributed by atoms with Crippen LogP contribution in [0.5, 0.6) is 0 Å². The first kappa shape index (κ1) is 17.8. The number of ketones is 3. The molecule has 0 heterocycles. The number of likely N-dealkylation sites (N-methyl/N-ethyl adjacent to an activating group) is 1. The molecule has 4 heteroatoms. The molecule has 24 heavy (non-hydrogen) atoms. The van der Waals surface area contributed by atoms with Crippen LogP contribution in [-0.4, -0.2) is 41.9 Å². The summed E-state index contributed by atoms with van der Waals surface area (Å²) >= 11 is 0. The van der Waals surface area contributed by atoms with Crippen molar-refractivity contribution in [3.8, 4) is 0 Å². The highest BCUT2D eigenvalue weighted by Crippen LogP contribution is 2.19. The van der Waals surface area contributed by atoms with Crippen LogP contribution in [0.2, 0.25) is 0 Å². The van der Waals surface area contributed by atoms with Crippen molar-refractivity contribution in [3.05, 3.63) is 71.3 Å². The summed E-state index contributed by atoms with van der Waals surface area (Å²) in [6.45, 7) is 3.68. The number of carbonyl (C=O) groups excluding carboxylic acids is 3. The molecule has 2 aromatic rings. The van der Waals surface area contributed by atoms with Crippen LogP contribution in [0, 0.1) is 0 Å². The summed E-state index contributed by atoms with van der Waals surface area (Å²) in [7, 11) is 3.68. The van der Waals surface area contributed by atoms with E-state index in [0.29, 0.717) is 11.1 Å². The highest BCUT2D eigenvalue weighted by Gasteiger charge is 2.30. The monoisotopic (exact) mass is 323 g/mol. The molecule has 0 aliphatic rings. The van der Waals surface area contributed by atoms with Crippen LogP contribution >= 0.6 is 0 Å². The summed E-state index contributed by atoms with van der Waals surface area (Å²) in [5, 5.41) is 0. The van der Waals surface area contributed by atoms with Gasteiger partial charge in [-0.25, -0.2) is 0 Å². The largest absolute Gasteiger partial charge is 0.297 e. The molecule has 0 aromatic heterocycles. The first-order valence-corrected chi connectivity index (χ1v) is 7.71. The molecule has 0 radical (unpaired) electrons. The second-order valence-corrected chi connectivity index (χ2v) is 6.38. The van der Waals surface area contributed by atoms with E-state index in [-0.39, 0.29) is 11.3 Å². The minimum Gasteiger partial charge on any atom is -0.297 e. The van der Waals surface area contributed by atoms with Gasteiger partial charge in [0.25, 0.3) is 0 Å². The molecule has 4 nitrogen and oxygen atoms in total. The van der Waals surface area contributed by atoms with Gasteiger partial charge in [-0.05, 0) is 27.9 Å². The van der Waals surface area contributed by atoms with Crippen LogP contribution < -0.4 is 0 Å². The normalized spacial score (nSPS) is 11.4. The van der Waals surface area contributed by atoms with Gasteiger partial charge in [-0.2, -0.15) is 0 Å². The molecule has 0 amide bonds. The predicted octanol–water partition coefficient (Wildman–Crippen LogP) is 3.28. The molecule has 0 unspecified atom stereocenters. The van der Waals surface area contributed by atoms with Crippen molar-refractivity contribution in [1.82, 2.24) is 4.90 Å². The Morgan fingerprint density at radius 3 is 1.58 bits per heavy atom. The molecule has 0 atom stereocenters. The Kier molecular flexibility index (Phi) is 5.10. The van der Waals surface area contributed by atoms with Gasteiger partial charge < -0.3 is 0 Å². The topological polar surface area (TPSA) is 54.5 Å². The molecule has 0 saturated heterocycles. The van der Waals surface area contributed by atoms with Crippen molar-refractivity contribution in [1.29, 1.82) is 0 Å². The van der Waals surface area contributed by atoms with Crippen molar-refractivity contribution < 1.29 is 14.4 Å². The maximum Gasteiger partial charge on any atom is 0.233 e.